The number of carbonyl (C=O) groups excluding carboxylic acids is 2. The van der Waals surface area contributed by atoms with Crippen LogP contribution < -0.4 is 5.32 Å². The number of nitrogens with zero attached hydrogens (tertiary/aromatic N) is 2. The van der Waals surface area contributed by atoms with Crippen LogP contribution in [0, 0.1) is 11.7 Å². The Morgan fingerprint density at radius 3 is 2.47 bits per heavy atom. The van der Waals surface area contributed by atoms with E-state index in [-0.39, 0.29) is 29.9 Å². The summed E-state index contributed by atoms with van der Waals surface area (Å²) in [6.07, 6.45) is 0.459. The van der Waals surface area contributed by atoms with E-state index in [1.54, 1.807) is 17.0 Å². The van der Waals surface area contributed by atoms with Gasteiger partial charge in [-0.1, -0.05) is 36.4 Å². The molecule has 4 rings (SSSR count). The number of likely N-dealkylation sites (tertiary alicyclic amines) is 1. The number of carbonyl (C=O) groups is 2. The number of ether oxygens (including phenoxy) is 1. The average molecular weight is 440 g/mol. The Labute approximate surface area is 188 Å². The van der Waals surface area contributed by atoms with Gasteiger partial charge in [-0.15, -0.1) is 0 Å². The molecular formula is C25H30FN3O3. The van der Waals surface area contributed by atoms with Crippen LogP contribution in [0.15, 0.2) is 48.5 Å². The largest absolute Gasteiger partial charge is 0.444 e. The number of nitrogens with one attached hydrogen (secondary N) is 1. The maximum atomic E-state index is 13.5. The summed E-state index contributed by atoms with van der Waals surface area (Å²) in [6, 6.07) is 14.0. The third-order valence-electron chi connectivity index (χ3n) is 5.88. The molecule has 2 aliphatic rings. The fraction of sp³-hybridized carbons (Fsp3) is 0.440. The van der Waals surface area contributed by atoms with Crippen molar-refractivity contribution in [1.82, 2.24) is 15.1 Å². The van der Waals surface area contributed by atoms with E-state index in [1.165, 1.54) is 17.7 Å². The standard InChI is InChI=1S/C25H30FN3O3/c1-25(2,3)32-24(31)28-15-17(16-28)14-27-23(30)29-13-12-18-6-4-5-7-21(18)22(29)19-8-10-20(26)11-9-19/h4-11,17,22H,12-16H2,1-3H3,(H,27,30). The maximum absolute atomic E-state index is 13.5. The summed E-state index contributed by atoms with van der Waals surface area (Å²) in [5.74, 6) is -0.0961. The summed E-state index contributed by atoms with van der Waals surface area (Å²) in [6.45, 7) is 7.74. The van der Waals surface area contributed by atoms with E-state index in [4.69, 9.17) is 4.74 Å². The van der Waals surface area contributed by atoms with Gasteiger partial charge < -0.3 is 19.9 Å². The van der Waals surface area contributed by atoms with Gasteiger partial charge in [0.15, 0.2) is 0 Å². The fourth-order valence-electron chi connectivity index (χ4n) is 4.30. The smallest absolute Gasteiger partial charge is 0.410 e. The second-order valence-electron chi connectivity index (χ2n) is 9.53. The number of fused-ring (bicyclic) bond motifs is 1. The molecule has 0 aromatic heterocycles. The molecule has 32 heavy (non-hydrogen) atoms. The molecule has 3 amide bonds. The Morgan fingerprint density at radius 1 is 1.09 bits per heavy atom. The third-order valence-corrected chi connectivity index (χ3v) is 5.88. The van der Waals surface area contributed by atoms with Gasteiger partial charge in [-0.3, -0.25) is 0 Å². The minimum absolute atomic E-state index is 0.149. The van der Waals surface area contributed by atoms with Gasteiger partial charge in [0.1, 0.15) is 11.4 Å². The molecule has 2 aromatic rings. The lowest BCUT2D eigenvalue weighted by Crippen LogP contribution is -2.56. The van der Waals surface area contributed by atoms with Crippen molar-refractivity contribution >= 4 is 12.1 Å². The molecule has 1 N–H and O–H groups in total. The molecule has 1 saturated heterocycles. The summed E-state index contributed by atoms with van der Waals surface area (Å²) in [5, 5.41) is 3.04. The first-order valence-corrected chi connectivity index (χ1v) is 11.1. The molecule has 0 saturated carbocycles. The van der Waals surface area contributed by atoms with E-state index in [1.807, 2.05) is 43.9 Å². The normalized spacial score (nSPS) is 18.6. The number of hydrogen-bond acceptors (Lipinski definition) is 3. The highest BCUT2D eigenvalue weighted by atomic mass is 19.1. The summed E-state index contributed by atoms with van der Waals surface area (Å²) in [7, 11) is 0. The molecule has 0 spiro atoms. The molecular weight excluding hydrogens is 409 g/mol. The van der Waals surface area contributed by atoms with Crippen molar-refractivity contribution in [3.8, 4) is 0 Å². The monoisotopic (exact) mass is 439 g/mol. The van der Waals surface area contributed by atoms with Crippen molar-refractivity contribution in [2.24, 2.45) is 5.92 Å². The molecule has 2 aliphatic heterocycles. The third kappa shape index (κ3) is 4.87. The van der Waals surface area contributed by atoms with Gasteiger partial charge in [0, 0.05) is 32.1 Å². The van der Waals surface area contributed by atoms with E-state index < -0.39 is 5.60 Å². The van der Waals surface area contributed by atoms with E-state index in [2.05, 4.69) is 11.4 Å². The van der Waals surface area contributed by atoms with Crippen molar-refractivity contribution in [3.05, 3.63) is 71.0 Å². The van der Waals surface area contributed by atoms with Gasteiger partial charge in [0.05, 0.1) is 6.04 Å². The quantitative estimate of drug-likeness (QED) is 0.774. The number of urea groups is 1. The Hall–Kier alpha value is -3.09. The lowest BCUT2D eigenvalue weighted by molar-refractivity contribution is -0.000516. The Balaban J connectivity index is 1.40. The van der Waals surface area contributed by atoms with E-state index in [0.29, 0.717) is 26.2 Å². The van der Waals surface area contributed by atoms with Gasteiger partial charge >= 0.3 is 12.1 Å². The number of amides is 3. The van der Waals surface area contributed by atoms with Crippen LogP contribution in [0.3, 0.4) is 0 Å². The Kier molecular flexibility index (Phi) is 6.09. The van der Waals surface area contributed by atoms with Crippen LogP contribution >= 0.6 is 0 Å². The number of benzene rings is 2. The van der Waals surface area contributed by atoms with Crippen molar-refractivity contribution < 1.29 is 18.7 Å². The molecule has 0 bridgehead atoms. The molecule has 170 valence electrons. The van der Waals surface area contributed by atoms with Crippen LogP contribution in [-0.4, -0.2) is 53.7 Å². The van der Waals surface area contributed by atoms with Crippen LogP contribution in [-0.2, 0) is 11.2 Å². The molecule has 0 aliphatic carbocycles. The van der Waals surface area contributed by atoms with E-state index >= 15 is 0 Å². The van der Waals surface area contributed by atoms with E-state index in [0.717, 1.165) is 17.5 Å². The van der Waals surface area contributed by atoms with Crippen LogP contribution in [0.5, 0.6) is 0 Å². The zero-order valence-corrected chi connectivity index (χ0v) is 18.8. The highest BCUT2D eigenvalue weighted by Crippen LogP contribution is 2.35. The predicted octanol–water partition coefficient (Wildman–Crippen LogP) is 4.35. The molecule has 7 heteroatoms. The van der Waals surface area contributed by atoms with Gasteiger partial charge in [0.25, 0.3) is 0 Å². The number of halogens is 1. The molecule has 1 fully saturated rings. The minimum Gasteiger partial charge on any atom is -0.444 e. The zero-order valence-electron chi connectivity index (χ0n) is 18.8. The number of rotatable bonds is 3. The lowest BCUT2D eigenvalue weighted by Gasteiger charge is -2.41. The van der Waals surface area contributed by atoms with Crippen molar-refractivity contribution in [2.75, 3.05) is 26.2 Å². The minimum atomic E-state index is -0.518. The first-order chi connectivity index (χ1) is 15.2. The molecule has 1 unspecified atom stereocenters. The van der Waals surface area contributed by atoms with Crippen LogP contribution in [0.4, 0.5) is 14.0 Å². The highest BCUT2D eigenvalue weighted by Gasteiger charge is 2.35. The highest BCUT2D eigenvalue weighted by molar-refractivity contribution is 5.76. The SMILES string of the molecule is CC(C)(C)OC(=O)N1CC(CNC(=O)N2CCc3ccccc3C2c2ccc(F)cc2)C1. The van der Waals surface area contributed by atoms with Gasteiger partial charge in [0.2, 0.25) is 0 Å². The Bertz CT molecular complexity index is 981. The van der Waals surface area contributed by atoms with Gasteiger partial charge in [-0.25, -0.2) is 14.0 Å². The van der Waals surface area contributed by atoms with Crippen LogP contribution in [0.2, 0.25) is 0 Å². The Morgan fingerprint density at radius 2 is 1.78 bits per heavy atom. The average Bonchev–Trinajstić information content (AvgIpc) is 2.71. The first-order valence-electron chi connectivity index (χ1n) is 11.1. The van der Waals surface area contributed by atoms with Gasteiger partial charge in [-0.2, -0.15) is 0 Å². The molecule has 1 atom stereocenters. The van der Waals surface area contributed by atoms with E-state index in [9.17, 15) is 14.0 Å². The van der Waals surface area contributed by atoms with Crippen molar-refractivity contribution in [2.45, 2.75) is 38.8 Å². The molecule has 2 aromatic carbocycles. The second kappa shape index (κ2) is 8.81. The summed E-state index contributed by atoms with van der Waals surface area (Å²) in [5.41, 5.74) is 2.64. The summed E-state index contributed by atoms with van der Waals surface area (Å²) < 4.78 is 18.9. The van der Waals surface area contributed by atoms with Crippen molar-refractivity contribution in [3.63, 3.8) is 0 Å². The molecule has 2 heterocycles. The first kappa shape index (κ1) is 22.1. The predicted molar refractivity (Wildman–Crippen MR) is 120 cm³/mol. The van der Waals surface area contributed by atoms with Crippen molar-refractivity contribution in [1.29, 1.82) is 0 Å². The maximum Gasteiger partial charge on any atom is 0.410 e. The van der Waals surface area contributed by atoms with Crippen LogP contribution in [0.1, 0.15) is 43.5 Å². The summed E-state index contributed by atoms with van der Waals surface area (Å²) in [4.78, 5) is 28.7. The topological polar surface area (TPSA) is 61.9 Å². The summed E-state index contributed by atoms with van der Waals surface area (Å²) >= 11 is 0. The van der Waals surface area contributed by atoms with Crippen LogP contribution in [0.25, 0.3) is 0 Å². The second-order valence-corrected chi connectivity index (χ2v) is 9.53. The number of hydrogen-bond donors (Lipinski definition) is 1. The van der Waals surface area contributed by atoms with Gasteiger partial charge in [-0.05, 0) is 56.0 Å². The zero-order chi connectivity index (χ0) is 22.9. The lowest BCUT2D eigenvalue weighted by atomic mass is 9.88. The molecule has 6 nitrogen and oxygen atoms in total. The molecule has 0 radical (unpaired) electrons. The fourth-order valence-corrected chi connectivity index (χ4v) is 4.30.